The summed E-state index contributed by atoms with van der Waals surface area (Å²) in [5.74, 6) is 0. The predicted octanol–water partition coefficient (Wildman–Crippen LogP) is 0.923. The number of nitrogens with zero attached hydrogens (tertiary/aromatic N) is 2. The Bertz CT molecular complexity index is 137. The molecule has 0 saturated carbocycles. The highest BCUT2D eigenvalue weighted by atomic mass is 16.5. The Hall–Kier alpha value is -0.160. The second-order valence-corrected chi connectivity index (χ2v) is 3.75. The van der Waals surface area contributed by atoms with Gasteiger partial charge >= 0.3 is 0 Å². The number of hydrogen-bond donors (Lipinski definition) is 0. The van der Waals surface area contributed by atoms with E-state index < -0.39 is 0 Å². The van der Waals surface area contributed by atoms with Crippen molar-refractivity contribution < 1.29 is 9.47 Å². The lowest BCUT2D eigenvalue weighted by molar-refractivity contribution is 0.0486. The Labute approximate surface area is 101 Å². The van der Waals surface area contributed by atoms with Crippen LogP contribution in [0.2, 0.25) is 0 Å². The van der Waals surface area contributed by atoms with Gasteiger partial charge in [0.2, 0.25) is 0 Å². The topological polar surface area (TPSA) is 24.9 Å². The van der Waals surface area contributed by atoms with E-state index in [1.165, 1.54) is 26.2 Å². The van der Waals surface area contributed by atoms with Crippen LogP contribution in [0, 0.1) is 0 Å². The summed E-state index contributed by atoms with van der Waals surface area (Å²) in [6.45, 7) is 12.0. The first-order valence-corrected chi connectivity index (χ1v) is 6.30. The molecule has 0 aliphatic carbocycles. The van der Waals surface area contributed by atoms with Crippen LogP contribution in [-0.4, -0.2) is 76.5 Å². The molecule has 0 N–H and O–H groups in total. The van der Waals surface area contributed by atoms with E-state index in [1.54, 1.807) is 7.11 Å². The van der Waals surface area contributed by atoms with E-state index in [0.29, 0.717) is 13.2 Å². The van der Waals surface area contributed by atoms with Crippen LogP contribution in [0.3, 0.4) is 0 Å². The molecule has 4 heteroatoms. The van der Waals surface area contributed by atoms with Crippen LogP contribution >= 0.6 is 0 Å². The normalized spacial score (nSPS) is 18.0. The molecule has 1 aliphatic heterocycles. The van der Waals surface area contributed by atoms with Gasteiger partial charge in [0.15, 0.2) is 0 Å². The average Bonchev–Trinajstić information content (AvgIpc) is 2.34. The Kier molecular flexibility index (Phi) is 11.2. The SMILES string of the molecule is CC.COCCOCCN1CCN(C)CC1. The first-order valence-electron chi connectivity index (χ1n) is 6.30. The highest BCUT2D eigenvalue weighted by molar-refractivity contribution is 4.68. The molecule has 1 rings (SSSR count). The lowest BCUT2D eigenvalue weighted by Gasteiger charge is -2.32. The number of piperazine rings is 1. The van der Waals surface area contributed by atoms with E-state index >= 15 is 0 Å². The molecule has 4 nitrogen and oxygen atoms in total. The average molecular weight is 232 g/mol. The molecule has 0 aromatic heterocycles. The van der Waals surface area contributed by atoms with Crippen molar-refractivity contribution in [2.24, 2.45) is 0 Å². The molecule has 0 amide bonds. The van der Waals surface area contributed by atoms with Crippen molar-refractivity contribution in [3.8, 4) is 0 Å². The fourth-order valence-electron chi connectivity index (χ4n) is 1.51. The highest BCUT2D eigenvalue weighted by Crippen LogP contribution is 1.98. The van der Waals surface area contributed by atoms with Crippen LogP contribution in [0.1, 0.15) is 13.8 Å². The molecular weight excluding hydrogens is 204 g/mol. The van der Waals surface area contributed by atoms with Crippen molar-refractivity contribution in [1.82, 2.24) is 9.80 Å². The minimum absolute atomic E-state index is 0.697. The summed E-state index contributed by atoms with van der Waals surface area (Å²) in [6, 6.07) is 0. The van der Waals surface area contributed by atoms with Crippen molar-refractivity contribution in [3.05, 3.63) is 0 Å². The van der Waals surface area contributed by atoms with E-state index in [9.17, 15) is 0 Å². The first-order chi connectivity index (χ1) is 7.83. The molecule has 98 valence electrons. The van der Waals surface area contributed by atoms with Crippen LogP contribution < -0.4 is 0 Å². The maximum atomic E-state index is 5.42. The second kappa shape index (κ2) is 11.3. The van der Waals surface area contributed by atoms with E-state index in [0.717, 1.165) is 13.2 Å². The van der Waals surface area contributed by atoms with E-state index in [-0.39, 0.29) is 0 Å². The van der Waals surface area contributed by atoms with Gasteiger partial charge in [-0.05, 0) is 7.05 Å². The summed E-state index contributed by atoms with van der Waals surface area (Å²) in [6.07, 6.45) is 0. The Balaban J connectivity index is 0.00000106. The highest BCUT2D eigenvalue weighted by Gasteiger charge is 2.12. The smallest absolute Gasteiger partial charge is 0.0700 e. The Morgan fingerprint density at radius 1 is 0.938 bits per heavy atom. The van der Waals surface area contributed by atoms with Gasteiger partial charge in [-0.25, -0.2) is 0 Å². The summed E-state index contributed by atoms with van der Waals surface area (Å²) in [5, 5.41) is 0. The maximum absolute atomic E-state index is 5.42. The van der Waals surface area contributed by atoms with Crippen LogP contribution in [0.15, 0.2) is 0 Å². The van der Waals surface area contributed by atoms with Crippen LogP contribution in [0.25, 0.3) is 0 Å². The monoisotopic (exact) mass is 232 g/mol. The fourth-order valence-corrected chi connectivity index (χ4v) is 1.51. The summed E-state index contributed by atoms with van der Waals surface area (Å²) >= 11 is 0. The molecular formula is C12H28N2O2. The minimum Gasteiger partial charge on any atom is -0.382 e. The van der Waals surface area contributed by atoms with Crippen molar-refractivity contribution in [3.63, 3.8) is 0 Å². The van der Waals surface area contributed by atoms with Gasteiger partial charge in [-0.2, -0.15) is 0 Å². The van der Waals surface area contributed by atoms with Crippen molar-refractivity contribution in [2.75, 3.05) is 66.7 Å². The van der Waals surface area contributed by atoms with Gasteiger partial charge in [0.25, 0.3) is 0 Å². The zero-order chi connectivity index (χ0) is 12.2. The molecule has 0 unspecified atom stereocenters. The van der Waals surface area contributed by atoms with Gasteiger partial charge in [-0.3, -0.25) is 4.90 Å². The summed E-state index contributed by atoms with van der Waals surface area (Å²) in [5.41, 5.74) is 0. The molecule has 0 spiro atoms. The first kappa shape index (κ1) is 15.8. The number of likely N-dealkylation sites (N-methyl/N-ethyl adjacent to an activating group) is 1. The number of methoxy groups -OCH3 is 1. The molecule has 0 aromatic rings. The third-order valence-electron chi connectivity index (χ3n) is 2.58. The van der Waals surface area contributed by atoms with Gasteiger partial charge < -0.3 is 14.4 Å². The molecule has 1 fully saturated rings. The quantitative estimate of drug-likeness (QED) is 0.636. The molecule has 0 atom stereocenters. The molecule has 0 bridgehead atoms. The third kappa shape index (κ3) is 8.05. The molecule has 1 saturated heterocycles. The fraction of sp³-hybridized carbons (Fsp3) is 1.00. The molecule has 0 aromatic carbocycles. The largest absolute Gasteiger partial charge is 0.382 e. The van der Waals surface area contributed by atoms with Crippen LogP contribution in [-0.2, 0) is 9.47 Å². The third-order valence-corrected chi connectivity index (χ3v) is 2.58. The Morgan fingerprint density at radius 3 is 2.12 bits per heavy atom. The van der Waals surface area contributed by atoms with Crippen molar-refractivity contribution in [1.29, 1.82) is 0 Å². The van der Waals surface area contributed by atoms with E-state index in [2.05, 4.69) is 16.8 Å². The maximum Gasteiger partial charge on any atom is 0.0700 e. The molecule has 16 heavy (non-hydrogen) atoms. The Morgan fingerprint density at radius 2 is 1.56 bits per heavy atom. The second-order valence-electron chi connectivity index (χ2n) is 3.75. The van der Waals surface area contributed by atoms with Gasteiger partial charge in [0, 0.05) is 39.8 Å². The van der Waals surface area contributed by atoms with E-state index in [4.69, 9.17) is 9.47 Å². The summed E-state index contributed by atoms with van der Waals surface area (Å²) in [7, 11) is 3.87. The zero-order valence-corrected chi connectivity index (χ0v) is 11.4. The van der Waals surface area contributed by atoms with E-state index in [1.807, 2.05) is 13.8 Å². The van der Waals surface area contributed by atoms with Crippen LogP contribution in [0.5, 0.6) is 0 Å². The zero-order valence-electron chi connectivity index (χ0n) is 11.4. The minimum atomic E-state index is 0.697. The van der Waals surface area contributed by atoms with Gasteiger partial charge in [-0.1, -0.05) is 13.8 Å². The summed E-state index contributed by atoms with van der Waals surface area (Å²) < 4.78 is 10.3. The lowest BCUT2D eigenvalue weighted by atomic mass is 10.3. The number of hydrogen-bond acceptors (Lipinski definition) is 4. The van der Waals surface area contributed by atoms with Gasteiger partial charge in [0.1, 0.15) is 0 Å². The molecule has 1 heterocycles. The van der Waals surface area contributed by atoms with Gasteiger partial charge in [0.05, 0.1) is 19.8 Å². The van der Waals surface area contributed by atoms with Crippen molar-refractivity contribution in [2.45, 2.75) is 13.8 Å². The number of ether oxygens (including phenoxy) is 2. The summed E-state index contributed by atoms with van der Waals surface area (Å²) in [4.78, 5) is 4.81. The lowest BCUT2D eigenvalue weighted by Crippen LogP contribution is -2.45. The number of rotatable bonds is 6. The predicted molar refractivity (Wildman–Crippen MR) is 68.0 cm³/mol. The van der Waals surface area contributed by atoms with Crippen molar-refractivity contribution >= 4 is 0 Å². The molecule has 1 aliphatic rings. The van der Waals surface area contributed by atoms with Gasteiger partial charge in [-0.15, -0.1) is 0 Å². The van der Waals surface area contributed by atoms with Crippen LogP contribution in [0.4, 0.5) is 0 Å². The molecule has 0 radical (unpaired) electrons. The standard InChI is InChI=1S/C10H22N2O2.C2H6/c1-11-3-5-12(6-4-11)7-8-14-10-9-13-2;1-2/h3-10H2,1-2H3;1-2H3.